The summed E-state index contributed by atoms with van der Waals surface area (Å²) < 4.78 is 17.2. The second-order valence-electron chi connectivity index (χ2n) is 4.15. The highest BCUT2D eigenvalue weighted by Crippen LogP contribution is 2.58. The molecule has 6 heteroatoms. The summed E-state index contributed by atoms with van der Waals surface area (Å²) in [5, 5.41) is 8.97. The number of aliphatic hydroxyl groups is 1. The van der Waals surface area contributed by atoms with Crippen LogP contribution in [0.1, 0.15) is 10.4 Å². The molecule has 0 heterocycles. The van der Waals surface area contributed by atoms with Crippen LogP contribution < -0.4 is 0 Å². The highest BCUT2D eigenvalue weighted by Gasteiger charge is 2.63. The summed E-state index contributed by atoms with van der Waals surface area (Å²) in [5.41, 5.74) is -0.131. The van der Waals surface area contributed by atoms with Gasteiger partial charge in [0.05, 0.1) is 12.2 Å². The summed E-state index contributed by atoms with van der Waals surface area (Å²) >= 11 is 11.7. The second kappa shape index (κ2) is 5.03. The Hall–Kier alpha value is -0.840. The Morgan fingerprint density at radius 3 is 2.61 bits per heavy atom. The molecule has 0 spiro atoms. The fourth-order valence-electron chi connectivity index (χ4n) is 1.81. The van der Waals surface area contributed by atoms with Crippen LogP contribution in [0.15, 0.2) is 24.3 Å². The van der Waals surface area contributed by atoms with Crippen molar-refractivity contribution in [1.82, 2.24) is 0 Å². The number of rotatable bonds is 4. The van der Waals surface area contributed by atoms with Crippen molar-refractivity contribution in [3.8, 4) is 0 Å². The van der Waals surface area contributed by atoms with Gasteiger partial charge < -0.3 is 9.84 Å². The minimum absolute atomic E-state index is 0.0363. The first kappa shape index (κ1) is 13.6. The molecule has 1 N–H and O–H groups in total. The summed E-state index contributed by atoms with van der Waals surface area (Å²) in [7, 11) is 0. The van der Waals surface area contributed by atoms with Crippen LogP contribution in [0.25, 0.3) is 0 Å². The van der Waals surface area contributed by atoms with Gasteiger partial charge in [0.15, 0.2) is 0 Å². The number of aliphatic hydroxyl groups excluding tert-OH is 1. The van der Waals surface area contributed by atoms with Crippen LogP contribution in [0.3, 0.4) is 0 Å². The average Bonchev–Trinajstić information content (AvgIpc) is 2.87. The predicted molar refractivity (Wildman–Crippen MR) is 65.2 cm³/mol. The number of esters is 1. The zero-order valence-corrected chi connectivity index (χ0v) is 10.8. The van der Waals surface area contributed by atoms with Gasteiger partial charge in [-0.25, -0.2) is 9.18 Å². The SMILES string of the molecule is O=C(OC[C@@H]1[C@@H](CO)C1(Cl)Cl)c1ccccc1F. The second-order valence-corrected chi connectivity index (χ2v) is 5.59. The van der Waals surface area contributed by atoms with Gasteiger partial charge in [-0.1, -0.05) is 12.1 Å². The normalized spacial score (nSPS) is 24.7. The van der Waals surface area contributed by atoms with Crippen molar-refractivity contribution in [2.24, 2.45) is 11.8 Å². The molecule has 0 unspecified atom stereocenters. The Kier molecular flexibility index (Phi) is 3.80. The van der Waals surface area contributed by atoms with Crippen molar-refractivity contribution in [2.45, 2.75) is 4.33 Å². The lowest BCUT2D eigenvalue weighted by Crippen LogP contribution is -2.11. The van der Waals surface area contributed by atoms with Gasteiger partial charge in [0.2, 0.25) is 0 Å². The van der Waals surface area contributed by atoms with Crippen LogP contribution in [0.5, 0.6) is 0 Å². The van der Waals surface area contributed by atoms with Crippen LogP contribution in [-0.2, 0) is 4.74 Å². The van der Waals surface area contributed by atoms with Gasteiger partial charge >= 0.3 is 5.97 Å². The zero-order valence-electron chi connectivity index (χ0n) is 9.28. The molecule has 3 nitrogen and oxygen atoms in total. The average molecular weight is 293 g/mol. The minimum atomic E-state index is -1.07. The Morgan fingerprint density at radius 2 is 2.06 bits per heavy atom. The quantitative estimate of drug-likeness (QED) is 0.685. The number of benzene rings is 1. The lowest BCUT2D eigenvalue weighted by atomic mass is 10.2. The molecule has 18 heavy (non-hydrogen) atoms. The molecule has 1 aromatic carbocycles. The third kappa shape index (κ3) is 2.46. The van der Waals surface area contributed by atoms with Gasteiger partial charge in [-0.15, -0.1) is 23.2 Å². The monoisotopic (exact) mass is 292 g/mol. The van der Waals surface area contributed by atoms with E-state index < -0.39 is 16.1 Å². The maximum absolute atomic E-state index is 13.3. The molecular formula is C12H11Cl2FO3. The highest BCUT2D eigenvalue weighted by atomic mass is 35.5. The third-order valence-corrected chi connectivity index (χ3v) is 4.17. The third-order valence-electron chi connectivity index (χ3n) is 3.05. The number of alkyl halides is 2. The van der Waals surface area contributed by atoms with E-state index in [0.29, 0.717) is 0 Å². The van der Waals surface area contributed by atoms with Crippen LogP contribution >= 0.6 is 23.2 Å². The Labute approximate surface area is 113 Å². The van der Waals surface area contributed by atoms with Crippen LogP contribution in [0, 0.1) is 17.7 Å². The molecule has 98 valence electrons. The lowest BCUT2D eigenvalue weighted by molar-refractivity contribution is 0.0469. The fraction of sp³-hybridized carbons (Fsp3) is 0.417. The van der Waals surface area contributed by atoms with E-state index in [2.05, 4.69) is 0 Å². The van der Waals surface area contributed by atoms with E-state index in [1.165, 1.54) is 18.2 Å². The van der Waals surface area contributed by atoms with Gasteiger partial charge in [-0.2, -0.15) is 0 Å². The van der Waals surface area contributed by atoms with Crippen molar-refractivity contribution in [3.05, 3.63) is 35.6 Å². The first-order valence-electron chi connectivity index (χ1n) is 5.38. The Morgan fingerprint density at radius 1 is 1.39 bits per heavy atom. The Bertz CT molecular complexity index is 464. The molecule has 1 aliphatic carbocycles. The van der Waals surface area contributed by atoms with E-state index in [-0.39, 0.29) is 30.6 Å². The van der Waals surface area contributed by atoms with Gasteiger partial charge in [0.1, 0.15) is 10.2 Å². The van der Waals surface area contributed by atoms with Gasteiger partial charge in [-0.3, -0.25) is 0 Å². The molecule has 2 rings (SSSR count). The molecule has 1 fully saturated rings. The Balaban J connectivity index is 1.93. The smallest absolute Gasteiger partial charge is 0.341 e. The summed E-state index contributed by atoms with van der Waals surface area (Å²) in [6.07, 6.45) is 0. The van der Waals surface area contributed by atoms with E-state index in [1.54, 1.807) is 6.07 Å². The van der Waals surface area contributed by atoms with Crippen molar-refractivity contribution >= 4 is 29.2 Å². The van der Waals surface area contributed by atoms with Crippen LogP contribution in [-0.4, -0.2) is 28.6 Å². The number of carbonyl (C=O) groups is 1. The number of ether oxygens (including phenoxy) is 1. The highest BCUT2D eigenvalue weighted by molar-refractivity contribution is 6.51. The molecule has 0 aliphatic heterocycles. The number of hydrogen-bond donors (Lipinski definition) is 1. The summed E-state index contributed by atoms with van der Waals surface area (Å²) in [5.74, 6) is -2.03. The van der Waals surface area contributed by atoms with Crippen molar-refractivity contribution < 1.29 is 19.0 Å². The molecule has 1 aromatic rings. The van der Waals surface area contributed by atoms with E-state index in [0.717, 1.165) is 0 Å². The van der Waals surface area contributed by atoms with E-state index in [9.17, 15) is 9.18 Å². The molecule has 0 bridgehead atoms. The van der Waals surface area contributed by atoms with E-state index in [4.69, 9.17) is 33.0 Å². The maximum atomic E-state index is 13.3. The van der Waals surface area contributed by atoms with Gasteiger partial charge in [0, 0.05) is 18.4 Å². The zero-order chi connectivity index (χ0) is 13.3. The van der Waals surface area contributed by atoms with Crippen molar-refractivity contribution in [1.29, 1.82) is 0 Å². The number of hydrogen-bond acceptors (Lipinski definition) is 3. The maximum Gasteiger partial charge on any atom is 0.341 e. The first-order chi connectivity index (χ1) is 8.48. The molecule has 1 saturated carbocycles. The minimum Gasteiger partial charge on any atom is -0.462 e. The van der Waals surface area contributed by atoms with Crippen molar-refractivity contribution in [2.75, 3.05) is 13.2 Å². The fourth-order valence-corrected chi connectivity index (χ4v) is 2.55. The lowest BCUT2D eigenvalue weighted by Gasteiger charge is -2.05. The molecule has 2 atom stereocenters. The summed E-state index contributed by atoms with van der Waals surface area (Å²) in [6.45, 7) is -0.208. The molecule has 0 amide bonds. The predicted octanol–water partition coefficient (Wildman–Crippen LogP) is 2.39. The summed E-state index contributed by atoms with van der Waals surface area (Å²) in [4.78, 5) is 11.6. The van der Waals surface area contributed by atoms with Crippen LogP contribution in [0.4, 0.5) is 4.39 Å². The van der Waals surface area contributed by atoms with E-state index >= 15 is 0 Å². The van der Waals surface area contributed by atoms with Crippen LogP contribution in [0.2, 0.25) is 0 Å². The first-order valence-corrected chi connectivity index (χ1v) is 6.14. The van der Waals surface area contributed by atoms with Crippen molar-refractivity contribution in [3.63, 3.8) is 0 Å². The largest absolute Gasteiger partial charge is 0.462 e. The molecule has 1 aliphatic rings. The van der Waals surface area contributed by atoms with E-state index in [1.807, 2.05) is 0 Å². The number of carbonyl (C=O) groups excluding carboxylic acids is 1. The van der Waals surface area contributed by atoms with Gasteiger partial charge in [0.25, 0.3) is 0 Å². The summed E-state index contributed by atoms with van der Waals surface area (Å²) in [6, 6.07) is 5.54. The standard InChI is InChI=1S/C12H11Cl2FO3/c13-12(14)8(5-16)9(12)6-18-11(17)7-3-1-2-4-10(7)15/h1-4,8-9,16H,5-6H2/t8-,9-/m1/s1. The molecule has 0 aromatic heterocycles. The molecule has 0 radical (unpaired) electrons. The number of halogens is 3. The van der Waals surface area contributed by atoms with Gasteiger partial charge in [-0.05, 0) is 12.1 Å². The molecular weight excluding hydrogens is 282 g/mol. The molecule has 0 saturated heterocycles. The topological polar surface area (TPSA) is 46.5 Å².